The van der Waals surface area contributed by atoms with Gasteiger partial charge in [-0.05, 0) is 24.6 Å². The molecule has 0 aromatic heterocycles. The van der Waals surface area contributed by atoms with Crippen LogP contribution in [0.4, 0.5) is 5.69 Å². The average Bonchev–Trinajstić information content (AvgIpc) is 2.78. The SMILES string of the molecule is COC(=O)c1cccc(N2CC(SC(C)=O)CC2=O)c1C. The Morgan fingerprint density at radius 3 is 2.71 bits per heavy atom. The maximum atomic E-state index is 12.2. The molecule has 0 radical (unpaired) electrons. The van der Waals surface area contributed by atoms with Crippen LogP contribution in [0.1, 0.15) is 29.3 Å². The number of thioether (sulfide) groups is 1. The standard InChI is InChI=1S/C15H17NO4S/c1-9-12(15(19)20-3)5-4-6-13(9)16-8-11(7-14(16)18)21-10(2)17/h4-6,11H,7-8H2,1-3H3. The predicted octanol–water partition coefficient (Wildman–Crippen LogP) is 2.17. The van der Waals surface area contributed by atoms with Crippen LogP contribution in [-0.4, -0.2) is 35.9 Å². The van der Waals surface area contributed by atoms with Gasteiger partial charge in [0.2, 0.25) is 5.91 Å². The minimum atomic E-state index is -0.421. The van der Waals surface area contributed by atoms with Crippen molar-refractivity contribution < 1.29 is 19.1 Å². The Morgan fingerprint density at radius 1 is 1.38 bits per heavy atom. The lowest BCUT2D eigenvalue weighted by Gasteiger charge is -2.20. The van der Waals surface area contributed by atoms with Crippen molar-refractivity contribution in [3.05, 3.63) is 29.3 Å². The number of hydrogen-bond acceptors (Lipinski definition) is 5. The maximum Gasteiger partial charge on any atom is 0.338 e. The van der Waals surface area contributed by atoms with Crippen LogP contribution >= 0.6 is 11.8 Å². The van der Waals surface area contributed by atoms with Crippen molar-refractivity contribution in [1.29, 1.82) is 0 Å². The van der Waals surface area contributed by atoms with Crippen molar-refractivity contribution in [3.8, 4) is 0 Å². The molecule has 6 heteroatoms. The van der Waals surface area contributed by atoms with Gasteiger partial charge in [0.1, 0.15) is 0 Å². The van der Waals surface area contributed by atoms with Gasteiger partial charge < -0.3 is 9.64 Å². The fourth-order valence-corrected chi connectivity index (χ4v) is 3.39. The first kappa shape index (κ1) is 15.6. The number of nitrogens with zero attached hydrogens (tertiary/aromatic N) is 1. The summed E-state index contributed by atoms with van der Waals surface area (Å²) in [6.07, 6.45) is 0.339. The Kier molecular flexibility index (Phi) is 4.67. The molecule has 1 atom stereocenters. The zero-order valence-corrected chi connectivity index (χ0v) is 13.0. The number of anilines is 1. The molecular formula is C15H17NO4S. The van der Waals surface area contributed by atoms with E-state index < -0.39 is 5.97 Å². The van der Waals surface area contributed by atoms with Crippen LogP contribution in [0.15, 0.2) is 18.2 Å². The molecule has 1 aromatic carbocycles. The monoisotopic (exact) mass is 307 g/mol. The lowest BCUT2D eigenvalue weighted by atomic mass is 10.1. The number of carbonyl (C=O) groups is 3. The molecule has 0 saturated carbocycles. The maximum absolute atomic E-state index is 12.2. The Labute approximate surface area is 127 Å². The fourth-order valence-electron chi connectivity index (χ4n) is 2.47. The van der Waals surface area contributed by atoms with E-state index in [1.165, 1.54) is 25.8 Å². The van der Waals surface area contributed by atoms with Crippen LogP contribution in [0.5, 0.6) is 0 Å². The molecule has 1 saturated heterocycles. The largest absolute Gasteiger partial charge is 0.465 e. The Bertz CT molecular complexity index is 599. The van der Waals surface area contributed by atoms with Crippen LogP contribution < -0.4 is 4.90 Å². The normalized spacial score (nSPS) is 18.0. The van der Waals surface area contributed by atoms with Gasteiger partial charge in [0.05, 0.1) is 12.7 Å². The van der Waals surface area contributed by atoms with Gasteiger partial charge in [0.25, 0.3) is 0 Å². The highest BCUT2D eigenvalue weighted by Gasteiger charge is 2.33. The van der Waals surface area contributed by atoms with Crippen molar-refractivity contribution in [2.24, 2.45) is 0 Å². The highest BCUT2D eigenvalue weighted by Crippen LogP contribution is 2.31. The lowest BCUT2D eigenvalue weighted by molar-refractivity contribution is -0.117. The quantitative estimate of drug-likeness (QED) is 0.801. The molecule has 0 N–H and O–H groups in total. The van der Waals surface area contributed by atoms with E-state index in [9.17, 15) is 14.4 Å². The summed E-state index contributed by atoms with van der Waals surface area (Å²) in [5, 5.41) is -0.0223. The van der Waals surface area contributed by atoms with E-state index in [0.29, 0.717) is 29.8 Å². The average molecular weight is 307 g/mol. The minimum absolute atomic E-state index is 0.00897. The smallest absolute Gasteiger partial charge is 0.338 e. The Balaban J connectivity index is 2.28. The van der Waals surface area contributed by atoms with Crippen molar-refractivity contribution in [2.45, 2.75) is 25.5 Å². The summed E-state index contributed by atoms with van der Waals surface area (Å²) in [6, 6.07) is 5.21. The Morgan fingerprint density at radius 2 is 2.10 bits per heavy atom. The third kappa shape index (κ3) is 3.26. The van der Waals surface area contributed by atoms with Gasteiger partial charge >= 0.3 is 5.97 Å². The molecule has 1 aromatic rings. The number of rotatable bonds is 3. The molecular weight excluding hydrogens is 290 g/mol. The number of benzene rings is 1. The first-order chi connectivity index (χ1) is 9.93. The summed E-state index contributed by atoms with van der Waals surface area (Å²) in [5.41, 5.74) is 1.87. The zero-order valence-electron chi connectivity index (χ0n) is 12.2. The van der Waals surface area contributed by atoms with E-state index in [-0.39, 0.29) is 16.3 Å². The van der Waals surface area contributed by atoms with Crippen LogP contribution in [0.3, 0.4) is 0 Å². The highest BCUT2D eigenvalue weighted by atomic mass is 32.2. The van der Waals surface area contributed by atoms with Crippen LogP contribution in [-0.2, 0) is 14.3 Å². The molecule has 1 heterocycles. The molecule has 1 amide bonds. The van der Waals surface area contributed by atoms with E-state index in [0.717, 1.165) is 0 Å². The first-order valence-electron chi connectivity index (χ1n) is 6.59. The predicted molar refractivity (Wildman–Crippen MR) is 81.5 cm³/mol. The van der Waals surface area contributed by atoms with Crippen molar-refractivity contribution >= 4 is 34.4 Å². The van der Waals surface area contributed by atoms with Crippen molar-refractivity contribution in [3.63, 3.8) is 0 Å². The second-order valence-electron chi connectivity index (χ2n) is 4.88. The molecule has 1 aliphatic heterocycles. The summed E-state index contributed by atoms with van der Waals surface area (Å²) in [7, 11) is 1.33. The van der Waals surface area contributed by atoms with Crippen LogP contribution in [0.25, 0.3) is 0 Å². The van der Waals surface area contributed by atoms with Crippen LogP contribution in [0, 0.1) is 6.92 Å². The van der Waals surface area contributed by atoms with Gasteiger partial charge in [0, 0.05) is 30.8 Å². The molecule has 5 nitrogen and oxygen atoms in total. The summed E-state index contributed by atoms with van der Waals surface area (Å²) in [5.74, 6) is -0.450. The van der Waals surface area contributed by atoms with Gasteiger partial charge in [0.15, 0.2) is 5.12 Å². The van der Waals surface area contributed by atoms with E-state index in [4.69, 9.17) is 4.74 Å². The molecule has 21 heavy (non-hydrogen) atoms. The van der Waals surface area contributed by atoms with Gasteiger partial charge in [-0.1, -0.05) is 17.8 Å². The number of carbonyl (C=O) groups excluding carboxylic acids is 3. The minimum Gasteiger partial charge on any atom is -0.465 e. The second-order valence-corrected chi connectivity index (χ2v) is 6.36. The lowest BCUT2D eigenvalue weighted by Crippen LogP contribution is -2.26. The highest BCUT2D eigenvalue weighted by molar-refractivity contribution is 8.14. The molecule has 1 aliphatic rings. The van der Waals surface area contributed by atoms with Crippen molar-refractivity contribution in [2.75, 3.05) is 18.6 Å². The molecule has 0 bridgehead atoms. The van der Waals surface area contributed by atoms with E-state index >= 15 is 0 Å². The summed E-state index contributed by atoms with van der Waals surface area (Å²) < 4.78 is 4.74. The number of ether oxygens (including phenoxy) is 1. The summed E-state index contributed by atoms with van der Waals surface area (Å²) in [6.45, 7) is 3.77. The fraction of sp³-hybridized carbons (Fsp3) is 0.400. The molecule has 1 fully saturated rings. The zero-order chi connectivity index (χ0) is 15.6. The van der Waals surface area contributed by atoms with Gasteiger partial charge in [-0.15, -0.1) is 0 Å². The topological polar surface area (TPSA) is 63.7 Å². The summed E-state index contributed by atoms with van der Waals surface area (Å²) >= 11 is 1.19. The first-order valence-corrected chi connectivity index (χ1v) is 7.47. The Hall–Kier alpha value is -1.82. The number of esters is 1. The molecule has 0 aliphatic carbocycles. The van der Waals surface area contributed by atoms with Crippen molar-refractivity contribution in [1.82, 2.24) is 0 Å². The van der Waals surface area contributed by atoms with Gasteiger partial charge in [-0.3, -0.25) is 9.59 Å². The van der Waals surface area contributed by atoms with Gasteiger partial charge in [-0.2, -0.15) is 0 Å². The third-order valence-electron chi connectivity index (χ3n) is 3.42. The summed E-state index contributed by atoms with van der Waals surface area (Å²) in [4.78, 5) is 36.7. The second kappa shape index (κ2) is 6.30. The third-order valence-corrected chi connectivity index (χ3v) is 4.40. The van der Waals surface area contributed by atoms with E-state index in [1.54, 1.807) is 30.0 Å². The van der Waals surface area contributed by atoms with Gasteiger partial charge in [-0.25, -0.2) is 4.79 Å². The van der Waals surface area contributed by atoms with Crippen LogP contribution in [0.2, 0.25) is 0 Å². The number of amides is 1. The number of methoxy groups -OCH3 is 1. The molecule has 2 rings (SSSR count). The number of hydrogen-bond donors (Lipinski definition) is 0. The molecule has 0 spiro atoms. The molecule has 1 unspecified atom stereocenters. The van der Waals surface area contributed by atoms with E-state index in [1.807, 2.05) is 0 Å². The molecule has 112 valence electrons. The van der Waals surface area contributed by atoms with E-state index in [2.05, 4.69) is 0 Å².